The van der Waals surface area contributed by atoms with E-state index in [-0.39, 0.29) is 35.7 Å². The summed E-state index contributed by atoms with van der Waals surface area (Å²) in [6, 6.07) is 16.6. The summed E-state index contributed by atoms with van der Waals surface area (Å²) in [5.74, 6) is -1.19. The number of carbonyl (C=O) groups is 4. The lowest BCUT2D eigenvalue weighted by molar-refractivity contribution is -0.122. The summed E-state index contributed by atoms with van der Waals surface area (Å²) in [5, 5.41) is 13.7. The van der Waals surface area contributed by atoms with Gasteiger partial charge in [-0.1, -0.05) is 30.3 Å². The fourth-order valence-electron chi connectivity index (χ4n) is 6.16. The maximum absolute atomic E-state index is 14.0. The van der Waals surface area contributed by atoms with E-state index in [1.54, 1.807) is 19.1 Å². The van der Waals surface area contributed by atoms with Crippen LogP contribution in [0.4, 0.5) is 22.0 Å². The zero-order chi connectivity index (χ0) is 35.4. The summed E-state index contributed by atoms with van der Waals surface area (Å²) in [4.78, 5) is 59.0. The summed E-state index contributed by atoms with van der Waals surface area (Å²) in [6.07, 6.45) is 0.467. The first-order valence-electron chi connectivity index (χ1n) is 16.9. The van der Waals surface area contributed by atoms with Crippen molar-refractivity contribution in [2.24, 2.45) is 5.92 Å². The largest absolute Gasteiger partial charge is 0.448 e. The number of thiophene rings is 1. The van der Waals surface area contributed by atoms with Crippen molar-refractivity contribution < 1.29 is 28.7 Å². The van der Waals surface area contributed by atoms with E-state index in [4.69, 9.17) is 9.47 Å². The molecule has 0 bridgehead atoms. The van der Waals surface area contributed by atoms with Crippen LogP contribution >= 0.6 is 11.3 Å². The van der Waals surface area contributed by atoms with Crippen LogP contribution in [0.25, 0.3) is 10.2 Å². The van der Waals surface area contributed by atoms with Crippen molar-refractivity contribution in [3.63, 3.8) is 0 Å². The minimum absolute atomic E-state index is 0.0838. The van der Waals surface area contributed by atoms with Gasteiger partial charge in [-0.25, -0.2) is 4.79 Å². The van der Waals surface area contributed by atoms with Crippen LogP contribution in [-0.4, -0.2) is 91.5 Å². The van der Waals surface area contributed by atoms with E-state index in [1.165, 1.54) is 0 Å². The molecular weight excluding hydrogens is 659 g/mol. The Balaban J connectivity index is 1.31. The molecular formula is C36H43N7O6S. The molecule has 4 aromatic rings. The Hall–Kier alpha value is -4.79. The average molecular weight is 702 g/mol. The topological polar surface area (TPSA) is 147 Å². The van der Waals surface area contributed by atoms with Crippen molar-refractivity contribution in [1.82, 2.24) is 20.0 Å². The highest BCUT2D eigenvalue weighted by Crippen LogP contribution is 2.34. The molecule has 3 amide bonds. The van der Waals surface area contributed by atoms with Crippen molar-refractivity contribution in [1.29, 1.82) is 0 Å². The number of hydrogen-bond donors (Lipinski definition) is 3. The van der Waals surface area contributed by atoms with Gasteiger partial charge in [0.2, 0.25) is 5.91 Å². The van der Waals surface area contributed by atoms with Crippen LogP contribution < -0.4 is 20.9 Å². The molecule has 14 heteroatoms. The number of amides is 3. The average Bonchev–Trinajstić information content (AvgIpc) is 3.70. The van der Waals surface area contributed by atoms with E-state index in [0.717, 1.165) is 53.4 Å². The van der Waals surface area contributed by atoms with E-state index >= 15 is 0 Å². The molecule has 0 radical (unpaired) electrons. The van der Waals surface area contributed by atoms with Crippen molar-refractivity contribution in [2.75, 3.05) is 68.6 Å². The molecule has 2 aromatic heterocycles. The van der Waals surface area contributed by atoms with Gasteiger partial charge in [0.25, 0.3) is 11.8 Å². The van der Waals surface area contributed by atoms with Gasteiger partial charge in [0, 0.05) is 51.0 Å². The lowest BCUT2D eigenvalue weighted by atomic mass is 9.94. The second-order valence-electron chi connectivity index (χ2n) is 13.1. The molecule has 0 aliphatic carbocycles. The smallest absolute Gasteiger partial charge is 0.436 e. The van der Waals surface area contributed by atoms with Gasteiger partial charge in [0.1, 0.15) is 4.83 Å². The molecule has 13 nitrogen and oxygen atoms in total. The number of rotatable bonds is 9. The van der Waals surface area contributed by atoms with Gasteiger partial charge >= 0.3 is 6.09 Å². The molecule has 2 saturated heterocycles. The Morgan fingerprint density at radius 1 is 0.960 bits per heavy atom. The van der Waals surface area contributed by atoms with Crippen molar-refractivity contribution in [3.8, 4) is 0 Å². The lowest BCUT2D eigenvalue weighted by Gasteiger charge is -2.34. The van der Waals surface area contributed by atoms with Gasteiger partial charge in [0.15, 0.2) is 5.82 Å². The molecule has 264 valence electrons. The van der Waals surface area contributed by atoms with Crippen LogP contribution in [0.5, 0.6) is 0 Å². The third-order valence-corrected chi connectivity index (χ3v) is 10.3. The van der Waals surface area contributed by atoms with Crippen LogP contribution in [0.3, 0.4) is 0 Å². The van der Waals surface area contributed by atoms with Crippen molar-refractivity contribution in [3.05, 3.63) is 70.6 Å². The van der Waals surface area contributed by atoms with E-state index in [9.17, 15) is 19.2 Å². The molecule has 4 heterocycles. The summed E-state index contributed by atoms with van der Waals surface area (Å²) in [7, 11) is 2.08. The highest BCUT2D eigenvalue weighted by molar-refractivity contribution is 7.20. The molecule has 50 heavy (non-hydrogen) atoms. The number of aromatic nitrogens is 2. The predicted molar refractivity (Wildman–Crippen MR) is 193 cm³/mol. The number of fused-ring (bicyclic) bond motifs is 1. The van der Waals surface area contributed by atoms with E-state index in [1.807, 2.05) is 56.3 Å². The van der Waals surface area contributed by atoms with Gasteiger partial charge in [-0.2, -0.15) is 4.68 Å². The Morgan fingerprint density at radius 2 is 1.68 bits per heavy atom. The lowest BCUT2D eigenvalue weighted by Crippen LogP contribution is -2.44. The highest BCUT2D eigenvalue weighted by Gasteiger charge is 2.29. The van der Waals surface area contributed by atoms with Crippen LogP contribution in [0.15, 0.2) is 54.6 Å². The molecule has 0 spiro atoms. The van der Waals surface area contributed by atoms with Gasteiger partial charge in [-0.15, -0.1) is 16.4 Å². The Morgan fingerprint density at radius 3 is 2.38 bits per heavy atom. The SMILES string of the molecule is CCOC(=O)n1nc(NC(=O)c2ccc(N3CCN(C)CC3)cc2NC(=O)C2CCOCC2)c2cc(C(=O)NC(C)(C)c3ccccc3)sc21. The quantitative estimate of drug-likeness (QED) is 0.216. The fraction of sp³-hybridized carbons (Fsp3) is 0.417. The molecule has 2 aliphatic rings. The van der Waals surface area contributed by atoms with Crippen LogP contribution in [0, 0.1) is 5.92 Å². The first-order chi connectivity index (χ1) is 24.0. The van der Waals surface area contributed by atoms with E-state index < -0.39 is 17.5 Å². The number of carbonyl (C=O) groups excluding carboxylic acids is 4. The number of benzene rings is 2. The Bertz CT molecular complexity index is 1870. The minimum Gasteiger partial charge on any atom is -0.448 e. The standard InChI is InChI=1S/C36H43N7O6S/c1-5-49-35(47)43-34-27(22-29(50-34)33(46)39-36(2,3)24-9-7-6-8-10-24)30(40-43)38-32(45)26-12-11-25(42-17-15-41(4)16-18-42)21-28(26)37-31(44)23-13-19-48-20-14-23/h6-12,21-23H,5,13-20H2,1-4H3,(H,37,44)(H,39,46)(H,38,40,45). The predicted octanol–water partition coefficient (Wildman–Crippen LogP) is 5.14. The van der Waals surface area contributed by atoms with Gasteiger partial charge in [0.05, 0.1) is 33.7 Å². The zero-order valence-corrected chi connectivity index (χ0v) is 29.6. The third-order valence-electron chi connectivity index (χ3n) is 9.14. The first-order valence-corrected chi connectivity index (χ1v) is 17.7. The van der Waals surface area contributed by atoms with Crippen LogP contribution in [0.1, 0.15) is 59.2 Å². The van der Waals surface area contributed by atoms with Gasteiger partial charge in [-0.3, -0.25) is 14.4 Å². The van der Waals surface area contributed by atoms with E-state index in [2.05, 4.69) is 37.9 Å². The molecule has 2 aromatic carbocycles. The molecule has 0 saturated carbocycles. The third kappa shape index (κ3) is 7.67. The highest BCUT2D eigenvalue weighted by atomic mass is 32.1. The summed E-state index contributed by atoms with van der Waals surface area (Å²) >= 11 is 1.07. The summed E-state index contributed by atoms with van der Waals surface area (Å²) in [6.45, 7) is 10.1. The van der Waals surface area contributed by atoms with Gasteiger partial charge in [-0.05, 0) is 70.5 Å². The molecule has 0 unspecified atom stereocenters. The first kappa shape index (κ1) is 35.1. The zero-order valence-electron chi connectivity index (χ0n) is 28.8. The molecule has 2 aliphatic heterocycles. The maximum Gasteiger partial charge on any atom is 0.436 e. The number of piperazine rings is 1. The number of ether oxygens (including phenoxy) is 2. The molecule has 0 atom stereocenters. The second kappa shape index (κ2) is 15.0. The number of anilines is 3. The summed E-state index contributed by atoms with van der Waals surface area (Å²) in [5.41, 5.74) is 1.77. The van der Waals surface area contributed by atoms with Gasteiger partial charge < -0.3 is 35.2 Å². The number of nitrogens with one attached hydrogen (secondary N) is 3. The van der Waals surface area contributed by atoms with Crippen molar-refractivity contribution >= 4 is 62.6 Å². The molecule has 3 N–H and O–H groups in total. The number of likely N-dealkylation sites (N-methyl/N-ethyl adjacent to an activating group) is 1. The monoisotopic (exact) mass is 701 g/mol. The van der Waals surface area contributed by atoms with Crippen LogP contribution in [0.2, 0.25) is 0 Å². The number of nitrogens with zero attached hydrogens (tertiary/aromatic N) is 4. The maximum atomic E-state index is 14.0. The second-order valence-corrected chi connectivity index (χ2v) is 14.1. The van der Waals surface area contributed by atoms with Crippen molar-refractivity contribution in [2.45, 2.75) is 39.2 Å². The Labute approximate surface area is 294 Å². The molecule has 2 fully saturated rings. The van der Waals surface area contributed by atoms with E-state index in [0.29, 0.717) is 46.8 Å². The number of hydrogen-bond acceptors (Lipinski definition) is 10. The minimum atomic E-state index is -0.739. The molecule has 6 rings (SSSR count). The van der Waals surface area contributed by atoms with Crippen LogP contribution in [-0.2, 0) is 19.8 Å². The Kier molecular flexibility index (Phi) is 10.5. The fourth-order valence-corrected chi connectivity index (χ4v) is 7.15. The summed E-state index contributed by atoms with van der Waals surface area (Å²) < 4.78 is 11.7. The normalized spacial score (nSPS) is 15.9.